The average molecular weight is 626 g/mol. The van der Waals surface area contributed by atoms with Gasteiger partial charge in [0, 0.05) is 17.6 Å². The number of hydrogen-bond donors (Lipinski definition) is 1. The molecule has 230 valence electrons. The normalized spacial score (nSPS) is 14.3. The zero-order valence-electron chi connectivity index (χ0n) is 25.2. The van der Waals surface area contributed by atoms with Crippen LogP contribution in [0.3, 0.4) is 0 Å². The number of aryl methyl sites for hydroxylation is 2. The van der Waals surface area contributed by atoms with Gasteiger partial charge in [0.25, 0.3) is 10.0 Å². The minimum Gasteiger partial charge on any atom is -0.495 e. The first kappa shape index (κ1) is 32.4. The lowest BCUT2D eigenvalue weighted by Crippen LogP contribution is -2.53. The maximum Gasteiger partial charge on any atom is 0.264 e. The van der Waals surface area contributed by atoms with Gasteiger partial charge >= 0.3 is 0 Å². The van der Waals surface area contributed by atoms with Gasteiger partial charge in [0.2, 0.25) is 11.8 Å². The van der Waals surface area contributed by atoms with Crippen molar-refractivity contribution in [2.24, 2.45) is 0 Å². The lowest BCUT2D eigenvalue weighted by atomic mass is 10.1. The third-order valence-electron chi connectivity index (χ3n) is 7.84. The fourth-order valence-corrected chi connectivity index (χ4v) is 6.96. The van der Waals surface area contributed by atoms with Crippen molar-refractivity contribution in [1.82, 2.24) is 10.2 Å². The van der Waals surface area contributed by atoms with Crippen molar-refractivity contribution < 1.29 is 22.7 Å². The van der Waals surface area contributed by atoms with E-state index < -0.39 is 28.5 Å². The molecule has 1 N–H and O–H groups in total. The van der Waals surface area contributed by atoms with Crippen molar-refractivity contribution in [3.63, 3.8) is 0 Å². The second-order valence-electron chi connectivity index (χ2n) is 11.1. The minimum absolute atomic E-state index is 0.0460. The zero-order valence-corrected chi connectivity index (χ0v) is 26.7. The molecule has 0 bridgehead atoms. The number of methoxy groups -OCH3 is 1. The van der Waals surface area contributed by atoms with Crippen LogP contribution in [0.5, 0.6) is 5.75 Å². The molecule has 3 aromatic rings. The first-order valence-electron chi connectivity index (χ1n) is 14.6. The van der Waals surface area contributed by atoms with Gasteiger partial charge in [-0.1, -0.05) is 67.3 Å². The molecule has 2 amide bonds. The van der Waals surface area contributed by atoms with Crippen LogP contribution in [0.1, 0.15) is 55.7 Å². The van der Waals surface area contributed by atoms with E-state index in [0.717, 1.165) is 46.7 Å². The summed E-state index contributed by atoms with van der Waals surface area (Å²) in [7, 11) is -2.75. The van der Waals surface area contributed by atoms with Crippen LogP contribution in [0.15, 0.2) is 71.6 Å². The van der Waals surface area contributed by atoms with E-state index >= 15 is 0 Å². The molecular weight excluding hydrogens is 586 g/mol. The number of amides is 2. The molecule has 4 rings (SSSR count). The number of carbonyl (C=O) groups is 2. The maximum absolute atomic E-state index is 14.3. The molecule has 0 aliphatic heterocycles. The van der Waals surface area contributed by atoms with Crippen LogP contribution in [0.25, 0.3) is 0 Å². The van der Waals surface area contributed by atoms with Gasteiger partial charge in [0.15, 0.2) is 0 Å². The summed E-state index contributed by atoms with van der Waals surface area (Å²) in [5.41, 5.74) is 2.72. The number of benzene rings is 3. The maximum atomic E-state index is 14.3. The summed E-state index contributed by atoms with van der Waals surface area (Å²) in [5, 5.41) is 3.68. The van der Waals surface area contributed by atoms with E-state index in [2.05, 4.69) is 5.32 Å². The van der Waals surface area contributed by atoms with Gasteiger partial charge in [-0.05, 0) is 80.6 Å². The molecule has 0 spiro atoms. The fourth-order valence-electron chi connectivity index (χ4n) is 5.42. The lowest BCUT2D eigenvalue weighted by Gasteiger charge is -2.34. The first-order chi connectivity index (χ1) is 20.5. The molecule has 1 atom stereocenters. The molecule has 0 heterocycles. The number of halogens is 1. The summed E-state index contributed by atoms with van der Waals surface area (Å²) in [6.07, 6.45) is 4.28. The monoisotopic (exact) mass is 625 g/mol. The van der Waals surface area contributed by atoms with Crippen LogP contribution in [0, 0.1) is 13.8 Å². The molecule has 1 fully saturated rings. The van der Waals surface area contributed by atoms with E-state index in [1.165, 1.54) is 24.1 Å². The summed E-state index contributed by atoms with van der Waals surface area (Å²) in [4.78, 5) is 29.4. The third-order valence-corrected chi connectivity index (χ3v) is 9.87. The van der Waals surface area contributed by atoms with Crippen molar-refractivity contribution in [2.75, 3.05) is 18.0 Å². The van der Waals surface area contributed by atoms with Gasteiger partial charge in [-0.25, -0.2) is 8.42 Å². The fraction of sp³-hybridized carbons (Fsp3) is 0.394. The van der Waals surface area contributed by atoms with Crippen molar-refractivity contribution in [1.29, 1.82) is 0 Å². The highest BCUT2D eigenvalue weighted by atomic mass is 35.5. The Bertz CT molecular complexity index is 1520. The van der Waals surface area contributed by atoms with E-state index in [0.29, 0.717) is 17.2 Å². The Morgan fingerprint density at radius 2 is 1.60 bits per heavy atom. The number of ether oxygens (including phenoxy) is 1. The molecule has 0 aromatic heterocycles. The standard InChI is InChI=1S/C33H40ClN3O5S/c1-5-29(33(39)35-27-8-6-7-9-27)36(21-25-13-15-26(34)16-14-25)32(38)22-37(30-20-24(3)12-19-31(30)42-4)43(40,41)28-17-10-23(2)11-18-28/h10-20,27,29H,5-9,21-22H2,1-4H3,(H,35,39). The highest BCUT2D eigenvalue weighted by Crippen LogP contribution is 2.34. The summed E-state index contributed by atoms with van der Waals surface area (Å²) >= 11 is 6.11. The van der Waals surface area contributed by atoms with Crippen LogP contribution < -0.4 is 14.4 Å². The summed E-state index contributed by atoms with van der Waals surface area (Å²) in [6.45, 7) is 5.14. The van der Waals surface area contributed by atoms with E-state index in [1.54, 1.807) is 48.5 Å². The Morgan fingerprint density at radius 3 is 2.21 bits per heavy atom. The molecule has 10 heteroatoms. The molecule has 1 unspecified atom stereocenters. The Balaban J connectivity index is 1.76. The summed E-state index contributed by atoms with van der Waals surface area (Å²) < 4.78 is 35.0. The van der Waals surface area contributed by atoms with E-state index in [1.807, 2.05) is 26.8 Å². The predicted octanol–water partition coefficient (Wildman–Crippen LogP) is 6.03. The van der Waals surface area contributed by atoms with Crippen molar-refractivity contribution >= 4 is 39.1 Å². The molecule has 1 aliphatic rings. The van der Waals surface area contributed by atoms with Crippen molar-refractivity contribution in [2.45, 2.75) is 76.4 Å². The third kappa shape index (κ3) is 7.89. The number of nitrogens with one attached hydrogen (secondary N) is 1. The average Bonchev–Trinajstić information content (AvgIpc) is 3.50. The largest absolute Gasteiger partial charge is 0.495 e. The Kier molecular flexibility index (Phi) is 10.7. The van der Waals surface area contributed by atoms with Crippen molar-refractivity contribution in [3.8, 4) is 5.75 Å². The van der Waals surface area contributed by atoms with E-state index in [-0.39, 0.29) is 29.1 Å². The van der Waals surface area contributed by atoms with E-state index in [9.17, 15) is 18.0 Å². The first-order valence-corrected chi connectivity index (χ1v) is 16.4. The van der Waals surface area contributed by atoms with Gasteiger partial charge in [-0.15, -0.1) is 0 Å². The molecule has 8 nitrogen and oxygen atoms in total. The second-order valence-corrected chi connectivity index (χ2v) is 13.4. The molecule has 3 aromatic carbocycles. The molecule has 0 saturated heterocycles. The molecule has 1 aliphatic carbocycles. The number of nitrogens with zero attached hydrogens (tertiary/aromatic N) is 2. The lowest BCUT2D eigenvalue weighted by molar-refractivity contribution is -0.140. The van der Waals surface area contributed by atoms with Crippen LogP contribution in [0.2, 0.25) is 5.02 Å². The number of sulfonamides is 1. The Labute approximate surface area is 260 Å². The highest BCUT2D eigenvalue weighted by Gasteiger charge is 2.35. The van der Waals surface area contributed by atoms with E-state index in [4.69, 9.17) is 16.3 Å². The number of anilines is 1. The van der Waals surface area contributed by atoms with Gasteiger partial charge in [0.1, 0.15) is 18.3 Å². The van der Waals surface area contributed by atoms with Gasteiger partial charge in [-0.3, -0.25) is 13.9 Å². The zero-order chi connectivity index (χ0) is 31.1. The Hall–Kier alpha value is -3.56. The van der Waals surface area contributed by atoms with Crippen LogP contribution in [-0.2, 0) is 26.2 Å². The van der Waals surface area contributed by atoms with Gasteiger partial charge in [-0.2, -0.15) is 0 Å². The molecule has 0 radical (unpaired) electrons. The highest BCUT2D eigenvalue weighted by molar-refractivity contribution is 7.92. The Morgan fingerprint density at radius 1 is 0.977 bits per heavy atom. The number of carbonyl (C=O) groups excluding carboxylic acids is 2. The van der Waals surface area contributed by atoms with Gasteiger partial charge < -0.3 is 15.0 Å². The summed E-state index contributed by atoms with van der Waals surface area (Å²) in [5.74, 6) is -0.440. The van der Waals surface area contributed by atoms with Gasteiger partial charge in [0.05, 0.1) is 17.7 Å². The van der Waals surface area contributed by atoms with Crippen LogP contribution >= 0.6 is 11.6 Å². The predicted molar refractivity (Wildman–Crippen MR) is 170 cm³/mol. The van der Waals surface area contributed by atoms with Crippen LogP contribution in [0.4, 0.5) is 5.69 Å². The quantitative estimate of drug-likeness (QED) is 0.265. The number of hydrogen-bond acceptors (Lipinski definition) is 5. The molecular formula is C33H40ClN3O5S. The smallest absolute Gasteiger partial charge is 0.264 e. The molecule has 1 saturated carbocycles. The number of rotatable bonds is 12. The minimum atomic E-state index is -4.21. The second kappa shape index (κ2) is 14.3. The topological polar surface area (TPSA) is 96.0 Å². The molecule has 43 heavy (non-hydrogen) atoms. The van der Waals surface area contributed by atoms with Crippen LogP contribution in [-0.4, -0.2) is 50.9 Å². The SMILES string of the molecule is CCC(C(=O)NC1CCCC1)N(Cc1ccc(Cl)cc1)C(=O)CN(c1cc(C)ccc1OC)S(=O)(=O)c1ccc(C)cc1. The van der Waals surface area contributed by atoms with Crippen molar-refractivity contribution in [3.05, 3.63) is 88.4 Å². The summed E-state index contributed by atoms with van der Waals surface area (Å²) in [6, 6.07) is 18.0.